The van der Waals surface area contributed by atoms with E-state index in [-0.39, 0.29) is 0 Å². The molecule has 1 heteroatoms. The summed E-state index contributed by atoms with van der Waals surface area (Å²) in [4.78, 5) is 0. The van der Waals surface area contributed by atoms with Crippen LogP contribution < -0.4 is 5.32 Å². The zero-order valence-corrected chi connectivity index (χ0v) is 13.9. The molecule has 0 aromatic rings. The molecule has 0 radical (unpaired) electrons. The van der Waals surface area contributed by atoms with E-state index in [9.17, 15) is 0 Å². The summed E-state index contributed by atoms with van der Waals surface area (Å²) in [6.07, 6.45) is 11.5. The van der Waals surface area contributed by atoms with E-state index >= 15 is 0 Å². The predicted molar refractivity (Wildman–Crippen MR) is 86.5 cm³/mol. The van der Waals surface area contributed by atoms with E-state index in [0.717, 1.165) is 23.7 Å². The first-order valence-corrected chi connectivity index (χ1v) is 8.88. The van der Waals surface area contributed by atoms with E-state index in [0.29, 0.717) is 0 Å². The Morgan fingerprint density at radius 3 is 2.53 bits per heavy atom. The zero-order valence-electron chi connectivity index (χ0n) is 13.9. The summed E-state index contributed by atoms with van der Waals surface area (Å²) in [5.41, 5.74) is 0. The van der Waals surface area contributed by atoms with Crippen molar-refractivity contribution in [1.29, 1.82) is 0 Å². The normalized spacial score (nSPS) is 27.9. The van der Waals surface area contributed by atoms with Gasteiger partial charge in [0.2, 0.25) is 0 Å². The highest BCUT2D eigenvalue weighted by Gasteiger charge is 2.28. The van der Waals surface area contributed by atoms with Crippen molar-refractivity contribution in [3.8, 4) is 0 Å². The lowest BCUT2D eigenvalue weighted by atomic mass is 9.71. The molecule has 1 saturated carbocycles. The molecule has 0 aromatic carbocycles. The zero-order chi connectivity index (χ0) is 14.1. The van der Waals surface area contributed by atoms with Crippen molar-refractivity contribution in [2.24, 2.45) is 23.7 Å². The van der Waals surface area contributed by atoms with Crippen LogP contribution in [0.4, 0.5) is 0 Å². The van der Waals surface area contributed by atoms with Gasteiger partial charge in [0, 0.05) is 0 Å². The molecule has 0 aromatic heterocycles. The molecule has 19 heavy (non-hydrogen) atoms. The van der Waals surface area contributed by atoms with Crippen molar-refractivity contribution in [2.75, 3.05) is 13.1 Å². The molecular weight excluding hydrogens is 230 g/mol. The molecule has 0 spiro atoms. The van der Waals surface area contributed by atoms with Crippen molar-refractivity contribution in [3.05, 3.63) is 0 Å². The fourth-order valence-corrected chi connectivity index (χ4v) is 3.67. The fourth-order valence-electron chi connectivity index (χ4n) is 3.67. The average molecular weight is 268 g/mol. The second-order valence-electron chi connectivity index (χ2n) is 7.14. The summed E-state index contributed by atoms with van der Waals surface area (Å²) >= 11 is 0. The Morgan fingerprint density at radius 1 is 1.11 bits per heavy atom. The topological polar surface area (TPSA) is 12.0 Å². The molecule has 114 valence electrons. The average Bonchev–Trinajstić information content (AvgIpc) is 2.40. The second-order valence-corrected chi connectivity index (χ2v) is 7.14. The molecule has 1 N–H and O–H groups in total. The number of hydrogen-bond acceptors (Lipinski definition) is 1. The molecular formula is C18H37N. The van der Waals surface area contributed by atoms with Crippen LogP contribution in [0.2, 0.25) is 0 Å². The minimum Gasteiger partial charge on any atom is -0.316 e. The van der Waals surface area contributed by atoms with Crippen molar-refractivity contribution < 1.29 is 0 Å². The molecule has 0 bridgehead atoms. The lowest BCUT2D eigenvalue weighted by Gasteiger charge is -2.36. The van der Waals surface area contributed by atoms with Crippen LogP contribution in [0, 0.1) is 23.7 Å². The summed E-state index contributed by atoms with van der Waals surface area (Å²) < 4.78 is 0. The third-order valence-electron chi connectivity index (χ3n) is 5.02. The Morgan fingerprint density at radius 2 is 1.89 bits per heavy atom. The van der Waals surface area contributed by atoms with Crippen LogP contribution >= 0.6 is 0 Å². The summed E-state index contributed by atoms with van der Waals surface area (Å²) in [6.45, 7) is 11.8. The van der Waals surface area contributed by atoms with Gasteiger partial charge in [0.05, 0.1) is 0 Å². The van der Waals surface area contributed by atoms with E-state index < -0.39 is 0 Å². The van der Waals surface area contributed by atoms with Crippen LogP contribution in [-0.2, 0) is 0 Å². The fraction of sp³-hybridized carbons (Fsp3) is 1.00. The smallest absolute Gasteiger partial charge is 0.00179 e. The predicted octanol–water partition coefficient (Wildman–Crippen LogP) is 5.25. The molecule has 0 saturated heterocycles. The first kappa shape index (κ1) is 17.0. The van der Waals surface area contributed by atoms with Crippen molar-refractivity contribution in [2.45, 2.75) is 79.1 Å². The van der Waals surface area contributed by atoms with Crippen LogP contribution in [-0.4, -0.2) is 13.1 Å². The maximum atomic E-state index is 3.67. The quantitative estimate of drug-likeness (QED) is 0.562. The van der Waals surface area contributed by atoms with Gasteiger partial charge >= 0.3 is 0 Å². The highest BCUT2D eigenvalue weighted by atomic mass is 14.9. The van der Waals surface area contributed by atoms with Crippen molar-refractivity contribution in [3.63, 3.8) is 0 Å². The maximum Gasteiger partial charge on any atom is -0.00179 e. The van der Waals surface area contributed by atoms with E-state index in [2.05, 4.69) is 33.0 Å². The Balaban J connectivity index is 2.36. The summed E-state index contributed by atoms with van der Waals surface area (Å²) in [6, 6.07) is 0. The minimum absolute atomic E-state index is 0.877. The van der Waals surface area contributed by atoms with Gasteiger partial charge in [-0.2, -0.15) is 0 Å². The van der Waals surface area contributed by atoms with Crippen LogP contribution in [0.15, 0.2) is 0 Å². The molecule has 1 fully saturated rings. The minimum atomic E-state index is 0.877. The van der Waals surface area contributed by atoms with Gasteiger partial charge in [-0.05, 0) is 56.0 Å². The van der Waals surface area contributed by atoms with Gasteiger partial charge in [-0.3, -0.25) is 0 Å². The van der Waals surface area contributed by atoms with Crippen LogP contribution in [0.1, 0.15) is 79.1 Å². The van der Waals surface area contributed by atoms with E-state index in [1.165, 1.54) is 64.5 Å². The lowest BCUT2D eigenvalue weighted by molar-refractivity contribution is 0.159. The Hall–Kier alpha value is -0.0400. The molecule has 0 heterocycles. The second kappa shape index (κ2) is 9.80. The summed E-state index contributed by atoms with van der Waals surface area (Å²) in [5.74, 6) is 3.86. The van der Waals surface area contributed by atoms with Gasteiger partial charge in [0.25, 0.3) is 0 Å². The molecule has 0 amide bonds. The molecule has 0 aliphatic heterocycles. The highest BCUT2D eigenvalue weighted by Crippen LogP contribution is 2.38. The van der Waals surface area contributed by atoms with E-state index in [1.54, 1.807) is 0 Å². The Labute approximate surface area is 121 Å². The third kappa shape index (κ3) is 6.79. The van der Waals surface area contributed by atoms with Gasteiger partial charge < -0.3 is 5.32 Å². The molecule has 3 atom stereocenters. The largest absolute Gasteiger partial charge is 0.316 e. The number of nitrogens with one attached hydrogen (secondary N) is 1. The maximum absolute atomic E-state index is 3.67. The van der Waals surface area contributed by atoms with Crippen LogP contribution in [0.5, 0.6) is 0 Å². The SMILES string of the molecule is CCCNCC1CCC(CC)CC1CCCC(C)C. The molecule has 1 aliphatic rings. The Kier molecular flexibility index (Phi) is 8.77. The van der Waals surface area contributed by atoms with E-state index in [1.807, 2.05) is 0 Å². The molecule has 1 rings (SSSR count). The molecule has 1 aliphatic carbocycles. The Bertz CT molecular complexity index is 210. The van der Waals surface area contributed by atoms with Gasteiger partial charge in [-0.25, -0.2) is 0 Å². The van der Waals surface area contributed by atoms with Crippen molar-refractivity contribution >= 4 is 0 Å². The molecule has 1 nitrogen and oxygen atoms in total. The van der Waals surface area contributed by atoms with Gasteiger partial charge in [0.15, 0.2) is 0 Å². The first-order chi connectivity index (χ1) is 9.17. The number of hydrogen-bond donors (Lipinski definition) is 1. The summed E-state index contributed by atoms with van der Waals surface area (Å²) in [7, 11) is 0. The van der Waals surface area contributed by atoms with Gasteiger partial charge in [-0.15, -0.1) is 0 Å². The first-order valence-electron chi connectivity index (χ1n) is 8.88. The van der Waals surface area contributed by atoms with Gasteiger partial charge in [0.1, 0.15) is 0 Å². The summed E-state index contributed by atoms with van der Waals surface area (Å²) in [5, 5.41) is 3.67. The number of rotatable bonds is 9. The highest BCUT2D eigenvalue weighted by molar-refractivity contribution is 4.81. The van der Waals surface area contributed by atoms with Crippen LogP contribution in [0.25, 0.3) is 0 Å². The van der Waals surface area contributed by atoms with Crippen LogP contribution in [0.3, 0.4) is 0 Å². The standard InChI is InChI=1S/C18H37N/c1-5-12-19-14-18-11-10-16(6-2)13-17(18)9-7-8-15(3)4/h15-19H,5-14H2,1-4H3. The lowest BCUT2D eigenvalue weighted by Crippen LogP contribution is -2.33. The monoisotopic (exact) mass is 267 g/mol. The third-order valence-corrected chi connectivity index (χ3v) is 5.02. The van der Waals surface area contributed by atoms with Gasteiger partial charge in [-0.1, -0.05) is 59.8 Å². The molecule has 3 unspecified atom stereocenters. The van der Waals surface area contributed by atoms with E-state index in [4.69, 9.17) is 0 Å². The van der Waals surface area contributed by atoms with Crippen molar-refractivity contribution in [1.82, 2.24) is 5.32 Å².